The van der Waals surface area contributed by atoms with Gasteiger partial charge in [-0.2, -0.15) is 0 Å². The fourth-order valence-corrected chi connectivity index (χ4v) is 1.59. The quantitative estimate of drug-likeness (QED) is 0.863. The molecule has 1 amide bonds. The lowest BCUT2D eigenvalue weighted by molar-refractivity contribution is -0.118. The number of hydrogen-bond donors (Lipinski definition) is 2. The Morgan fingerprint density at radius 1 is 1.26 bits per heavy atom. The Bertz CT molecular complexity index is 533. The number of benzene rings is 1. The van der Waals surface area contributed by atoms with Crippen LogP contribution < -0.4 is 10.6 Å². The Hall–Kier alpha value is -2.23. The molecule has 100 valence electrons. The van der Waals surface area contributed by atoms with Gasteiger partial charge in [0.25, 0.3) is 0 Å². The number of anilines is 2. The van der Waals surface area contributed by atoms with E-state index in [2.05, 4.69) is 10.6 Å². The number of nitrogens with one attached hydrogen (secondary N) is 2. The molecule has 0 aliphatic heterocycles. The summed E-state index contributed by atoms with van der Waals surface area (Å²) in [4.78, 5) is 11.6. The van der Waals surface area contributed by atoms with Crippen molar-refractivity contribution < 1.29 is 9.21 Å². The molecule has 2 aromatic rings. The third-order valence-electron chi connectivity index (χ3n) is 2.73. The number of rotatable bonds is 5. The predicted octanol–water partition coefficient (Wildman–Crippen LogP) is 3.49. The van der Waals surface area contributed by atoms with Crippen molar-refractivity contribution in [2.24, 2.45) is 5.92 Å². The van der Waals surface area contributed by atoms with Gasteiger partial charge in [0.15, 0.2) is 0 Å². The van der Waals surface area contributed by atoms with Gasteiger partial charge >= 0.3 is 0 Å². The first kappa shape index (κ1) is 13.2. The monoisotopic (exact) mass is 258 g/mol. The molecule has 0 unspecified atom stereocenters. The first-order valence-corrected chi connectivity index (χ1v) is 6.31. The molecular weight excluding hydrogens is 240 g/mol. The molecule has 2 N–H and O–H groups in total. The van der Waals surface area contributed by atoms with Crippen LogP contribution in [-0.2, 0) is 11.3 Å². The van der Waals surface area contributed by atoms with E-state index in [4.69, 9.17) is 4.42 Å². The molecule has 0 atom stereocenters. The minimum atomic E-state index is -0.0254. The molecule has 0 aliphatic rings. The van der Waals surface area contributed by atoms with E-state index < -0.39 is 0 Å². The smallest absolute Gasteiger partial charge is 0.226 e. The second-order valence-corrected chi connectivity index (χ2v) is 4.71. The van der Waals surface area contributed by atoms with E-state index in [0.29, 0.717) is 6.54 Å². The molecule has 1 heterocycles. The van der Waals surface area contributed by atoms with Crippen LogP contribution in [0.1, 0.15) is 19.4 Å². The van der Waals surface area contributed by atoms with Gasteiger partial charge in [-0.1, -0.05) is 19.9 Å². The summed E-state index contributed by atoms with van der Waals surface area (Å²) in [7, 11) is 0. The number of carbonyl (C=O) groups is 1. The van der Waals surface area contributed by atoms with Crippen molar-refractivity contribution in [3.05, 3.63) is 48.4 Å². The number of amides is 1. The van der Waals surface area contributed by atoms with E-state index >= 15 is 0 Å². The fourth-order valence-electron chi connectivity index (χ4n) is 1.59. The summed E-state index contributed by atoms with van der Waals surface area (Å²) in [6.45, 7) is 4.44. The molecule has 1 aromatic carbocycles. The Morgan fingerprint density at radius 2 is 2.05 bits per heavy atom. The van der Waals surface area contributed by atoms with Gasteiger partial charge in [-0.3, -0.25) is 4.79 Å². The zero-order valence-corrected chi connectivity index (χ0v) is 11.1. The zero-order chi connectivity index (χ0) is 13.7. The van der Waals surface area contributed by atoms with Crippen molar-refractivity contribution in [2.75, 3.05) is 10.6 Å². The summed E-state index contributed by atoms with van der Waals surface area (Å²) in [5, 5.41) is 6.16. The maximum atomic E-state index is 11.6. The molecule has 4 nitrogen and oxygen atoms in total. The molecule has 0 saturated carbocycles. The number of carbonyl (C=O) groups excluding carboxylic acids is 1. The molecule has 0 radical (unpaired) electrons. The van der Waals surface area contributed by atoms with Crippen LogP contribution in [0.5, 0.6) is 0 Å². The molecule has 19 heavy (non-hydrogen) atoms. The topological polar surface area (TPSA) is 54.3 Å². The van der Waals surface area contributed by atoms with Crippen LogP contribution in [0.15, 0.2) is 47.3 Å². The van der Waals surface area contributed by atoms with E-state index in [0.717, 1.165) is 16.9 Å². The Morgan fingerprint density at radius 3 is 2.74 bits per heavy atom. The van der Waals surface area contributed by atoms with Gasteiger partial charge in [-0.15, -0.1) is 0 Å². The highest BCUT2D eigenvalue weighted by atomic mass is 16.3. The number of hydrogen-bond acceptors (Lipinski definition) is 3. The standard InChI is InChI=1S/C15H18N2O2/c1-11(2)15(18)17-14-5-3-4-13(8-14)16-9-12-6-7-19-10-12/h3-8,10-11,16H,9H2,1-2H3,(H,17,18). The maximum absolute atomic E-state index is 11.6. The van der Waals surface area contributed by atoms with Crippen molar-refractivity contribution in [1.29, 1.82) is 0 Å². The highest BCUT2D eigenvalue weighted by Crippen LogP contribution is 2.16. The van der Waals surface area contributed by atoms with Gasteiger partial charge in [0, 0.05) is 29.4 Å². The van der Waals surface area contributed by atoms with Gasteiger partial charge in [-0.25, -0.2) is 0 Å². The summed E-state index contributed by atoms with van der Waals surface area (Å²) in [5.74, 6) is -0.00506. The van der Waals surface area contributed by atoms with Crippen molar-refractivity contribution in [3.63, 3.8) is 0 Å². The van der Waals surface area contributed by atoms with Gasteiger partial charge in [0.1, 0.15) is 0 Å². The summed E-state index contributed by atoms with van der Waals surface area (Å²) in [6.07, 6.45) is 3.35. The molecule has 0 spiro atoms. The average molecular weight is 258 g/mol. The van der Waals surface area contributed by atoms with E-state index in [1.807, 2.05) is 44.2 Å². The summed E-state index contributed by atoms with van der Waals surface area (Å²) < 4.78 is 5.01. The maximum Gasteiger partial charge on any atom is 0.226 e. The van der Waals surface area contributed by atoms with Crippen LogP contribution in [-0.4, -0.2) is 5.91 Å². The largest absolute Gasteiger partial charge is 0.472 e. The SMILES string of the molecule is CC(C)C(=O)Nc1cccc(NCc2ccoc2)c1. The summed E-state index contributed by atoms with van der Waals surface area (Å²) in [6, 6.07) is 9.58. The Balaban J connectivity index is 1.97. The van der Waals surface area contributed by atoms with E-state index in [1.54, 1.807) is 12.5 Å². The van der Waals surface area contributed by atoms with Gasteiger partial charge in [0.05, 0.1) is 12.5 Å². The molecule has 0 bridgehead atoms. The van der Waals surface area contributed by atoms with Crippen LogP contribution >= 0.6 is 0 Å². The lowest BCUT2D eigenvalue weighted by atomic mass is 10.2. The van der Waals surface area contributed by atoms with Crippen molar-refractivity contribution in [3.8, 4) is 0 Å². The van der Waals surface area contributed by atoms with E-state index in [-0.39, 0.29) is 11.8 Å². The molecule has 4 heteroatoms. The van der Waals surface area contributed by atoms with Crippen LogP contribution in [0, 0.1) is 5.92 Å². The third-order valence-corrected chi connectivity index (χ3v) is 2.73. The van der Waals surface area contributed by atoms with Crippen molar-refractivity contribution >= 4 is 17.3 Å². The molecule has 0 aliphatic carbocycles. The Kier molecular flexibility index (Phi) is 4.23. The zero-order valence-electron chi connectivity index (χ0n) is 11.1. The van der Waals surface area contributed by atoms with Crippen molar-refractivity contribution in [1.82, 2.24) is 0 Å². The molecule has 0 fully saturated rings. The lowest BCUT2D eigenvalue weighted by Gasteiger charge is -2.10. The molecule has 0 saturated heterocycles. The molecular formula is C15H18N2O2. The van der Waals surface area contributed by atoms with Crippen molar-refractivity contribution in [2.45, 2.75) is 20.4 Å². The van der Waals surface area contributed by atoms with Gasteiger partial charge in [0.2, 0.25) is 5.91 Å². The van der Waals surface area contributed by atoms with Crippen LogP contribution in [0.25, 0.3) is 0 Å². The summed E-state index contributed by atoms with van der Waals surface area (Å²) in [5.41, 5.74) is 2.84. The normalized spacial score (nSPS) is 10.5. The lowest BCUT2D eigenvalue weighted by Crippen LogP contribution is -2.17. The van der Waals surface area contributed by atoms with Crippen LogP contribution in [0.2, 0.25) is 0 Å². The number of furan rings is 1. The highest BCUT2D eigenvalue weighted by molar-refractivity contribution is 5.92. The average Bonchev–Trinajstić information content (AvgIpc) is 2.90. The summed E-state index contributed by atoms with van der Waals surface area (Å²) >= 11 is 0. The van der Waals surface area contributed by atoms with E-state index in [9.17, 15) is 4.79 Å². The predicted molar refractivity (Wildman–Crippen MR) is 75.9 cm³/mol. The second-order valence-electron chi connectivity index (χ2n) is 4.71. The minimum Gasteiger partial charge on any atom is -0.472 e. The molecule has 1 aromatic heterocycles. The van der Waals surface area contributed by atoms with Crippen LogP contribution in [0.3, 0.4) is 0 Å². The first-order chi connectivity index (χ1) is 9.15. The molecule has 2 rings (SSSR count). The Labute approximate surface area is 112 Å². The fraction of sp³-hybridized carbons (Fsp3) is 0.267. The van der Waals surface area contributed by atoms with E-state index in [1.165, 1.54) is 0 Å². The first-order valence-electron chi connectivity index (χ1n) is 6.31. The van der Waals surface area contributed by atoms with Gasteiger partial charge in [-0.05, 0) is 24.3 Å². The third kappa shape index (κ3) is 3.88. The van der Waals surface area contributed by atoms with Gasteiger partial charge < -0.3 is 15.1 Å². The second kappa shape index (κ2) is 6.09. The minimum absolute atomic E-state index is 0.0204. The highest BCUT2D eigenvalue weighted by Gasteiger charge is 2.07. The van der Waals surface area contributed by atoms with Crippen LogP contribution in [0.4, 0.5) is 11.4 Å².